The van der Waals surface area contributed by atoms with Crippen molar-refractivity contribution in [1.82, 2.24) is 4.98 Å². The van der Waals surface area contributed by atoms with E-state index in [2.05, 4.69) is 9.88 Å². The molecule has 3 nitrogen and oxygen atoms in total. The summed E-state index contributed by atoms with van der Waals surface area (Å²) in [5.74, 6) is 1.38. The van der Waals surface area contributed by atoms with Crippen molar-refractivity contribution in [3.05, 3.63) is 23.9 Å². The van der Waals surface area contributed by atoms with Gasteiger partial charge in [0.15, 0.2) is 0 Å². The fourth-order valence-electron chi connectivity index (χ4n) is 1.29. The van der Waals surface area contributed by atoms with Crippen LogP contribution in [-0.4, -0.2) is 31.3 Å². The summed E-state index contributed by atoms with van der Waals surface area (Å²) in [5, 5.41) is 0. The van der Waals surface area contributed by atoms with Gasteiger partial charge in [0.2, 0.25) is 0 Å². The number of hydrogen-bond donors (Lipinski definition) is 0. The van der Waals surface area contributed by atoms with Gasteiger partial charge in [-0.1, -0.05) is 6.07 Å². The van der Waals surface area contributed by atoms with Gasteiger partial charge in [-0.15, -0.1) is 11.6 Å². The van der Waals surface area contributed by atoms with E-state index in [1.54, 1.807) is 0 Å². The number of alkyl halides is 1. The maximum atomic E-state index is 5.74. The van der Waals surface area contributed by atoms with E-state index in [4.69, 9.17) is 16.3 Å². The Morgan fingerprint density at radius 1 is 1.44 bits per heavy atom. The van der Waals surface area contributed by atoms with Crippen LogP contribution in [0.15, 0.2) is 18.2 Å². The van der Waals surface area contributed by atoms with Crippen LogP contribution in [-0.2, 0) is 10.6 Å². The molecule has 0 unspecified atom stereocenters. The molecule has 0 aliphatic rings. The number of pyridine rings is 1. The van der Waals surface area contributed by atoms with Crippen LogP contribution in [0.3, 0.4) is 0 Å². The molecule has 0 amide bonds. The molecule has 0 radical (unpaired) electrons. The number of rotatable bonds is 6. The van der Waals surface area contributed by atoms with E-state index in [9.17, 15) is 0 Å². The van der Waals surface area contributed by atoms with Crippen molar-refractivity contribution >= 4 is 17.4 Å². The minimum atomic E-state index is 0.274. The first kappa shape index (κ1) is 13.3. The lowest BCUT2D eigenvalue weighted by Gasteiger charge is -2.19. The molecule has 0 bridgehead atoms. The van der Waals surface area contributed by atoms with Crippen LogP contribution in [0.1, 0.15) is 19.5 Å². The van der Waals surface area contributed by atoms with Crippen molar-refractivity contribution in [1.29, 1.82) is 0 Å². The molecule has 0 aliphatic heterocycles. The Kier molecular flexibility index (Phi) is 5.56. The van der Waals surface area contributed by atoms with Crippen LogP contribution < -0.4 is 4.90 Å². The Hall–Kier alpha value is -0.800. The lowest BCUT2D eigenvalue weighted by molar-refractivity contribution is 0.0845. The number of halogens is 1. The summed E-state index contributed by atoms with van der Waals surface area (Å²) in [6.07, 6.45) is 0.274. The van der Waals surface area contributed by atoms with Crippen molar-refractivity contribution in [3.8, 4) is 0 Å². The molecule has 1 heterocycles. The van der Waals surface area contributed by atoms with Crippen LogP contribution in [0.4, 0.5) is 5.82 Å². The highest BCUT2D eigenvalue weighted by atomic mass is 35.5. The molecule has 0 saturated carbocycles. The van der Waals surface area contributed by atoms with Crippen LogP contribution >= 0.6 is 11.6 Å². The zero-order chi connectivity index (χ0) is 12.0. The van der Waals surface area contributed by atoms with Gasteiger partial charge in [-0.2, -0.15) is 0 Å². The molecule has 1 aromatic heterocycles. The summed E-state index contributed by atoms with van der Waals surface area (Å²) >= 11 is 5.74. The molecule has 0 aliphatic carbocycles. The van der Waals surface area contributed by atoms with Crippen LogP contribution in [0.2, 0.25) is 0 Å². The Balaban J connectivity index is 2.48. The molecule has 0 atom stereocenters. The third-order valence-electron chi connectivity index (χ3n) is 2.20. The fourth-order valence-corrected chi connectivity index (χ4v) is 1.44. The van der Waals surface area contributed by atoms with Crippen LogP contribution in [0, 0.1) is 0 Å². The minimum absolute atomic E-state index is 0.274. The Morgan fingerprint density at radius 3 is 2.81 bits per heavy atom. The van der Waals surface area contributed by atoms with E-state index in [1.807, 2.05) is 39.1 Å². The molecule has 0 saturated heterocycles. The molecular formula is C12H19ClN2O. The molecule has 1 rings (SSSR count). The number of anilines is 1. The smallest absolute Gasteiger partial charge is 0.128 e. The first-order chi connectivity index (χ1) is 7.63. The zero-order valence-corrected chi connectivity index (χ0v) is 10.9. The summed E-state index contributed by atoms with van der Waals surface area (Å²) in [4.78, 5) is 6.50. The average Bonchev–Trinajstić information content (AvgIpc) is 2.28. The highest BCUT2D eigenvalue weighted by Crippen LogP contribution is 2.10. The zero-order valence-electron chi connectivity index (χ0n) is 10.1. The van der Waals surface area contributed by atoms with Crippen LogP contribution in [0.25, 0.3) is 0 Å². The molecule has 16 heavy (non-hydrogen) atoms. The lowest BCUT2D eigenvalue weighted by Crippen LogP contribution is -2.24. The highest BCUT2D eigenvalue weighted by Gasteiger charge is 2.03. The lowest BCUT2D eigenvalue weighted by atomic mass is 10.3. The van der Waals surface area contributed by atoms with Crippen molar-refractivity contribution in [2.45, 2.75) is 25.8 Å². The maximum Gasteiger partial charge on any atom is 0.128 e. The monoisotopic (exact) mass is 242 g/mol. The molecule has 0 fully saturated rings. The predicted molar refractivity (Wildman–Crippen MR) is 68.2 cm³/mol. The molecule has 1 aromatic rings. The number of hydrogen-bond acceptors (Lipinski definition) is 3. The maximum absolute atomic E-state index is 5.74. The second-order valence-electron chi connectivity index (χ2n) is 3.96. The first-order valence-electron chi connectivity index (χ1n) is 5.48. The number of likely N-dealkylation sites (N-methyl/N-ethyl adjacent to an activating group) is 1. The standard InChI is InChI=1S/C12H19ClN2O/c1-10(2)16-8-7-15(3)12-6-4-5-11(9-13)14-12/h4-6,10H,7-9H2,1-3H3. The normalized spacial score (nSPS) is 10.8. The summed E-state index contributed by atoms with van der Waals surface area (Å²) in [6.45, 7) is 5.61. The van der Waals surface area contributed by atoms with Crippen molar-refractivity contribution in [2.75, 3.05) is 25.1 Å². The third-order valence-corrected chi connectivity index (χ3v) is 2.47. The average molecular weight is 243 g/mol. The molecule has 0 spiro atoms. The Labute approximate surface area is 102 Å². The van der Waals surface area contributed by atoms with Gasteiger partial charge < -0.3 is 9.64 Å². The summed E-state index contributed by atoms with van der Waals surface area (Å²) in [7, 11) is 2.00. The van der Waals surface area contributed by atoms with E-state index in [1.165, 1.54) is 0 Å². The van der Waals surface area contributed by atoms with Crippen molar-refractivity contribution < 1.29 is 4.74 Å². The predicted octanol–water partition coefficient (Wildman–Crippen LogP) is 2.68. The number of ether oxygens (including phenoxy) is 1. The van der Waals surface area contributed by atoms with Gasteiger partial charge in [-0.3, -0.25) is 0 Å². The summed E-state index contributed by atoms with van der Waals surface area (Å²) in [6, 6.07) is 5.88. The molecule has 0 N–H and O–H groups in total. The first-order valence-corrected chi connectivity index (χ1v) is 6.01. The van der Waals surface area contributed by atoms with E-state index >= 15 is 0 Å². The summed E-state index contributed by atoms with van der Waals surface area (Å²) < 4.78 is 5.50. The largest absolute Gasteiger partial charge is 0.377 e. The van der Waals surface area contributed by atoms with E-state index < -0.39 is 0 Å². The van der Waals surface area contributed by atoms with Crippen molar-refractivity contribution in [3.63, 3.8) is 0 Å². The Morgan fingerprint density at radius 2 is 2.19 bits per heavy atom. The van der Waals surface area contributed by atoms with Gasteiger partial charge in [0.25, 0.3) is 0 Å². The van der Waals surface area contributed by atoms with E-state index in [0.717, 1.165) is 18.1 Å². The second kappa shape index (κ2) is 6.71. The topological polar surface area (TPSA) is 25.4 Å². The molecule has 4 heteroatoms. The minimum Gasteiger partial charge on any atom is -0.377 e. The van der Waals surface area contributed by atoms with Gasteiger partial charge in [0, 0.05) is 13.6 Å². The number of aromatic nitrogens is 1. The molecule has 90 valence electrons. The van der Waals surface area contributed by atoms with Crippen molar-refractivity contribution in [2.24, 2.45) is 0 Å². The quantitative estimate of drug-likeness (QED) is 0.718. The molecule has 0 aromatic carbocycles. The highest BCUT2D eigenvalue weighted by molar-refractivity contribution is 6.16. The van der Waals surface area contributed by atoms with Crippen LogP contribution in [0.5, 0.6) is 0 Å². The Bertz CT molecular complexity index is 318. The SMILES string of the molecule is CC(C)OCCN(C)c1cccc(CCl)n1. The van der Waals surface area contributed by atoms with Gasteiger partial charge in [-0.25, -0.2) is 4.98 Å². The van der Waals surface area contributed by atoms with Gasteiger partial charge in [0.1, 0.15) is 5.82 Å². The van der Waals surface area contributed by atoms with Gasteiger partial charge >= 0.3 is 0 Å². The van der Waals surface area contributed by atoms with E-state index in [-0.39, 0.29) is 6.10 Å². The van der Waals surface area contributed by atoms with Gasteiger partial charge in [0.05, 0.1) is 24.3 Å². The fraction of sp³-hybridized carbons (Fsp3) is 0.583. The van der Waals surface area contributed by atoms with E-state index in [0.29, 0.717) is 12.5 Å². The van der Waals surface area contributed by atoms with Gasteiger partial charge in [-0.05, 0) is 26.0 Å². The summed E-state index contributed by atoms with van der Waals surface area (Å²) in [5.41, 5.74) is 0.899. The second-order valence-corrected chi connectivity index (χ2v) is 4.23. The number of nitrogens with zero attached hydrogens (tertiary/aromatic N) is 2. The molecular weight excluding hydrogens is 224 g/mol. The third kappa shape index (κ3) is 4.37.